The van der Waals surface area contributed by atoms with Gasteiger partial charge < -0.3 is 4.74 Å². The quantitative estimate of drug-likeness (QED) is 0.442. The Labute approximate surface area is 87.3 Å². The molecule has 0 saturated heterocycles. The Morgan fingerprint density at radius 1 is 1.50 bits per heavy atom. The molecule has 0 aromatic rings. The van der Waals surface area contributed by atoms with Crippen LogP contribution in [-0.2, 0) is 9.53 Å². The molecule has 0 heterocycles. The number of carbonyl (C=O) groups is 1. The van der Waals surface area contributed by atoms with E-state index in [0.717, 1.165) is 19.3 Å². The van der Waals surface area contributed by atoms with E-state index < -0.39 is 5.60 Å². The zero-order valence-electron chi connectivity index (χ0n) is 9.64. The fourth-order valence-electron chi connectivity index (χ4n) is 1.37. The number of hydrogen-bond donors (Lipinski definition) is 0. The van der Waals surface area contributed by atoms with E-state index in [9.17, 15) is 4.79 Å². The lowest BCUT2D eigenvalue weighted by molar-refractivity contribution is -0.142. The molecule has 14 heavy (non-hydrogen) atoms. The number of unbranched alkanes of at least 4 members (excludes halogenated alkanes) is 1. The maximum atomic E-state index is 11.8. The summed E-state index contributed by atoms with van der Waals surface area (Å²) in [6.07, 6.45) is 4.96. The fraction of sp³-hybridized carbons (Fsp3) is 0.750. The third-order valence-electron chi connectivity index (χ3n) is 2.54. The van der Waals surface area contributed by atoms with E-state index in [4.69, 9.17) is 4.74 Å². The molecule has 0 rings (SSSR count). The van der Waals surface area contributed by atoms with Crippen molar-refractivity contribution in [2.24, 2.45) is 0 Å². The summed E-state index contributed by atoms with van der Waals surface area (Å²) in [4.78, 5) is 11.8. The third kappa shape index (κ3) is 4.05. The first-order valence-electron chi connectivity index (χ1n) is 5.38. The highest BCUT2D eigenvalue weighted by molar-refractivity contribution is 5.86. The summed E-state index contributed by atoms with van der Waals surface area (Å²) in [6.45, 7) is 10.0. The van der Waals surface area contributed by atoms with Crippen molar-refractivity contribution in [3.63, 3.8) is 0 Å². The maximum absolute atomic E-state index is 11.8. The van der Waals surface area contributed by atoms with Crippen LogP contribution in [0.4, 0.5) is 0 Å². The van der Waals surface area contributed by atoms with Gasteiger partial charge in [0.05, 0.1) is 0 Å². The molecule has 0 amide bonds. The Morgan fingerprint density at radius 2 is 2.14 bits per heavy atom. The van der Waals surface area contributed by atoms with Crippen LogP contribution in [0, 0.1) is 0 Å². The van der Waals surface area contributed by atoms with Crippen molar-refractivity contribution < 1.29 is 9.53 Å². The first-order chi connectivity index (χ1) is 6.60. The Kier molecular flexibility index (Phi) is 6.46. The standard InChI is InChI=1S/C12H22O2/c1-5-8-9-10-11(13)12(4,6-2)14-7-3/h5H,1,6-10H2,2-4H3. The van der Waals surface area contributed by atoms with Crippen LogP contribution in [0.2, 0.25) is 0 Å². The summed E-state index contributed by atoms with van der Waals surface area (Å²) >= 11 is 0. The summed E-state index contributed by atoms with van der Waals surface area (Å²) in [6, 6.07) is 0. The molecule has 82 valence electrons. The van der Waals surface area contributed by atoms with Gasteiger partial charge in [-0.25, -0.2) is 0 Å². The van der Waals surface area contributed by atoms with Crippen LogP contribution < -0.4 is 0 Å². The molecule has 0 aliphatic heterocycles. The van der Waals surface area contributed by atoms with Crippen molar-refractivity contribution in [2.45, 2.75) is 52.1 Å². The molecular weight excluding hydrogens is 176 g/mol. The van der Waals surface area contributed by atoms with Crippen molar-refractivity contribution in [1.82, 2.24) is 0 Å². The highest BCUT2D eigenvalue weighted by atomic mass is 16.5. The van der Waals surface area contributed by atoms with Crippen molar-refractivity contribution in [3.05, 3.63) is 12.7 Å². The van der Waals surface area contributed by atoms with E-state index in [2.05, 4.69) is 6.58 Å². The van der Waals surface area contributed by atoms with Gasteiger partial charge in [-0.1, -0.05) is 13.0 Å². The van der Waals surface area contributed by atoms with Gasteiger partial charge in [-0.2, -0.15) is 0 Å². The van der Waals surface area contributed by atoms with E-state index in [1.54, 1.807) is 0 Å². The van der Waals surface area contributed by atoms with E-state index in [0.29, 0.717) is 13.0 Å². The van der Waals surface area contributed by atoms with E-state index in [1.165, 1.54) is 0 Å². The number of ketones is 1. The SMILES string of the molecule is C=CCCCC(=O)C(C)(CC)OCC. The van der Waals surface area contributed by atoms with Crippen LogP contribution in [0.5, 0.6) is 0 Å². The Bertz CT molecular complexity index is 187. The van der Waals surface area contributed by atoms with Crippen molar-refractivity contribution >= 4 is 5.78 Å². The summed E-state index contributed by atoms with van der Waals surface area (Å²) in [5, 5.41) is 0. The predicted octanol–water partition coefficient (Wildman–Crippen LogP) is 3.12. The van der Waals surface area contributed by atoms with Gasteiger partial charge in [0.2, 0.25) is 0 Å². The minimum absolute atomic E-state index is 0.212. The second-order valence-corrected chi connectivity index (χ2v) is 3.62. The highest BCUT2D eigenvalue weighted by Crippen LogP contribution is 2.19. The van der Waals surface area contributed by atoms with Crippen molar-refractivity contribution in [1.29, 1.82) is 0 Å². The summed E-state index contributed by atoms with van der Waals surface area (Å²) in [5.41, 5.74) is -0.573. The molecule has 0 bridgehead atoms. The molecular formula is C12H22O2. The van der Waals surface area contributed by atoms with Crippen LogP contribution in [0.3, 0.4) is 0 Å². The minimum atomic E-state index is -0.573. The average molecular weight is 198 g/mol. The minimum Gasteiger partial charge on any atom is -0.368 e. The maximum Gasteiger partial charge on any atom is 0.164 e. The molecule has 0 spiro atoms. The molecule has 1 unspecified atom stereocenters. The van der Waals surface area contributed by atoms with Crippen LogP contribution in [0.1, 0.15) is 46.5 Å². The largest absolute Gasteiger partial charge is 0.368 e. The van der Waals surface area contributed by atoms with Gasteiger partial charge in [0.1, 0.15) is 5.60 Å². The smallest absolute Gasteiger partial charge is 0.164 e. The molecule has 0 radical (unpaired) electrons. The topological polar surface area (TPSA) is 26.3 Å². The number of rotatable bonds is 8. The van der Waals surface area contributed by atoms with Crippen molar-refractivity contribution in [2.75, 3.05) is 6.61 Å². The van der Waals surface area contributed by atoms with Gasteiger partial charge in [0.25, 0.3) is 0 Å². The molecule has 0 saturated carbocycles. The lowest BCUT2D eigenvalue weighted by Crippen LogP contribution is -2.37. The number of Topliss-reactive ketones (excluding diaryl/α,β-unsaturated/α-hetero) is 1. The van der Waals surface area contributed by atoms with Crippen LogP contribution in [-0.4, -0.2) is 18.0 Å². The molecule has 0 N–H and O–H groups in total. The Hall–Kier alpha value is -0.630. The van der Waals surface area contributed by atoms with Gasteiger partial charge in [0.15, 0.2) is 5.78 Å². The average Bonchev–Trinajstić information content (AvgIpc) is 2.18. The van der Waals surface area contributed by atoms with Crippen LogP contribution >= 0.6 is 0 Å². The molecule has 0 aromatic carbocycles. The molecule has 0 aliphatic rings. The summed E-state index contributed by atoms with van der Waals surface area (Å²) in [7, 11) is 0. The lowest BCUT2D eigenvalue weighted by atomic mass is 9.93. The van der Waals surface area contributed by atoms with Gasteiger partial charge in [-0.05, 0) is 33.1 Å². The molecule has 0 aliphatic carbocycles. The number of hydrogen-bond acceptors (Lipinski definition) is 2. The monoisotopic (exact) mass is 198 g/mol. The molecule has 1 atom stereocenters. The fourth-order valence-corrected chi connectivity index (χ4v) is 1.37. The Balaban J connectivity index is 4.09. The second-order valence-electron chi connectivity index (χ2n) is 3.62. The van der Waals surface area contributed by atoms with Gasteiger partial charge in [-0.3, -0.25) is 4.79 Å². The zero-order chi connectivity index (χ0) is 11.0. The number of carbonyl (C=O) groups excluding carboxylic acids is 1. The number of ether oxygens (including phenoxy) is 1. The van der Waals surface area contributed by atoms with Gasteiger partial charge in [0, 0.05) is 13.0 Å². The van der Waals surface area contributed by atoms with E-state index >= 15 is 0 Å². The molecule has 0 fully saturated rings. The number of allylic oxidation sites excluding steroid dienone is 1. The first kappa shape index (κ1) is 13.4. The van der Waals surface area contributed by atoms with Gasteiger partial charge in [-0.15, -0.1) is 6.58 Å². The highest BCUT2D eigenvalue weighted by Gasteiger charge is 2.30. The Morgan fingerprint density at radius 3 is 2.57 bits per heavy atom. The summed E-state index contributed by atoms with van der Waals surface area (Å²) in [5.74, 6) is 0.212. The molecule has 2 heteroatoms. The van der Waals surface area contributed by atoms with Crippen LogP contribution in [0.25, 0.3) is 0 Å². The summed E-state index contributed by atoms with van der Waals surface area (Å²) < 4.78 is 5.50. The molecule has 2 nitrogen and oxygen atoms in total. The van der Waals surface area contributed by atoms with E-state index in [1.807, 2.05) is 26.8 Å². The van der Waals surface area contributed by atoms with Gasteiger partial charge >= 0.3 is 0 Å². The predicted molar refractivity (Wildman–Crippen MR) is 59.4 cm³/mol. The normalized spacial score (nSPS) is 14.8. The third-order valence-corrected chi connectivity index (χ3v) is 2.54. The first-order valence-corrected chi connectivity index (χ1v) is 5.38. The van der Waals surface area contributed by atoms with E-state index in [-0.39, 0.29) is 5.78 Å². The lowest BCUT2D eigenvalue weighted by Gasteiger charge is -2.26. The zero-order valence-corrected chi connectivity index (χ0v) is 9.64. The molecule has 0 aromatic heterocycles. The second kappa shape index (κ2) is 6.77. The van der Waals surface area contributed by atoms with Crippen LogP contribution in [0.15, 0.2) is 12.7 Å². The van der Waals surface area contributed by atoms with Crippen molar-refractivity contribution in [3.8, 4) is 0 Å².